The lowest BCUT2D eigenvalue weighted by atomic mass is 10.3. The van der Waals surface area contributed by atoms with Gasteiger partial charge in [0.15, 0.2) is 0 Å². The Bertz CT molecular complexity index is 911. The highest BCUT2D eigenvalue weighted by atomic mass is 32.3. The third kappa shape index (κ3) is 4.73. The Morgan fingerprint density at radius 1 is 0.750 bits per heavy atom. The van der Waals surface area contributed by atoms with Gasteiger partial charge in [0.1, 0.15) is 9.79 Å². The fraction of sp³-hybridized carbons (Fsp3) is 0. The molecule has 2 N–H and O–H groups in total. The number of hydrogen-bond donors (Lipinski definition) is 2. The molecular weight excluding hydrogens is 366 g/mol. The number of anilines is 2. The summed E-state index contributed by atoms with van der Waals surface area (Å²) in [6, 6.07) is 8.03. The fourth-order valence-electron chi connectivity index (χ4n) is 1.74. The van der Waals surface area contributed by atoms with Crippen LogP contribution >= 0.6 is 0 Å². The highest BCUT2D eigenvalue weighted by Crippen LogP contribution is 2.19. The Balaban J connectivity index is 2.15. The highest BCUT2D eigenvalue weighted by Gasteiger charge is 2.14. The first kappa shape index (κ1) is 17.8. The third-order valence-electron chi connectivity index (χ3n) is 2.75. The minimum atomic E-state index is -4.92. The van der Waals surface area contributed by atoms with Crippen molar-refractivity contribution in [1.29, 1.82) is 0 Å². The molecule has 0 aliphatic rings. The summed E-state index contributed by atoms with van der Waals surface area (Å²) >= 11 is 0. The van der Waals surface area contributed by atoms with E-state index in [1.54, 1.807) is 0 Å². The summed E-state index contributed by atoms with van der Waals surface area (Å²) in [5, 5.41) is 4.47. The Labute approximate surface area is 136 Å². The summed E-state index contributed by atoms with van der Waals surface area (Å²) in [6.45, 7) is 0. The van der Waals surface area contributed by atoms with Gasteiger partial charge in [-0.3, -0.25) is 0 Å². The predicted molar refractivity (Wildman–Crippen MR) is 82.1 cm³/mol. The van der Waals surface area contributed by atoms with Crippen LogP contribution in [0.25, 0.3) is 0 Å². The van der Waals surface area contributed by atoms with Gasteiger partial charge in [-0.25, -0.2) is 4.79 Å². The molecule has 2 rings (SSSR count). The Morgan fingerprint density at radius 2 is 1.12 bits per heavy atom. The van der Waals surface area contributed by atoms with E-state index in [0.29, 0.717) is 0 Å². The van der Waals surface area contributed by atoms with Crippen molar-refractivity contribution in [3.05, 3.63) is 48.5 Å². The Kier molecular flexibility index (Phi) is 4.85. The number of urea groups is 1. The number of rotatable bonds is 4. The molecule has 0 radical (unpaired) electrons. The van der Waals surface area contributed by atoms with E-state index >= 15 is 0 Å². The zero-order valence-electron chi connectivity index (χ0n) is 11.7. The van der Waals surface area contributed by atoms with Gasteiger partial charge >= 0.3 is 26.5 Å². The van der Waals surface area contributed by atoms with Crippen LogP contribution < -0.4 is 10.6 Å². The van der Waals surface area contributed by atoms with E-state index in [1.807, 2.05) is 0 Å². The van der Waals surface area contributed by atoms with Crippen LogP contribution in [0.5, 0.6) is 0 Å². The van der Waals surface area contributed by atoms with Crippen LogP contribution in [0, 0.1) is 0 Å². The first-order valence-corrected chi connectivity index (χ1v) is 9.00. The number of hydrogen-bond acceptors (Lipinski definition) is 5. The molecule has 11 heteroatoms. The van der Waals surface area contributed by atoms with Gasteiger partial charge < -0.3 is 10.6 Å². The maximum absolute atomic E-state index is 12.9. The minimum absolute atomic E-state index is 0.0134. The smallest absolute Gasteiger partial charge is 0.308 e. The standard InChI is InChI=1S/C13H10F2N2O5S2/c14-23(19,20)11-5-1-3-9(7-11)16-13(18)17-10-4-2-6-12(8-10)24(15,21)22/h1-8H,(H2,16,17,18). The number of nitrogens with one attached hydrogen (secondary N) is 2. The first-order valence-electron chi connectivity index (χ1n) is 6.23. The fourth-order valence-corrected chi connectivity index (χ4v) is 2.76. The number of halogens is 2. The van der Waals surface area contributed by atoms with E-state index in [-0.39, 0.29) is 11.4 Å². The largest absolute Gasteiger partial charge is 0.332 e. The van der Waals surface area contributed by atoms with Gasteiger partial charge in [-0.05, 0) is 36.4 Å². The normalized spacial score (nSPS) is 11.8. The minimum Gasteiger partial charge on any atom is -0.308 e. The number of amides is 2. The quantitative estimate of drug-likeness (QED) is 0.797. The maximum Gasteiger partial charge on any atom is 0.332 e. The summed E-state index contributed by atoms with van der Waals surface area (Å²) in [4.78, 5) is 10.5. The lowest BCUT2D eigenvalue weighted by Gasteiger charge is -2.08. The molecule has 2 amide bonds. The van der Waals surface area contributed by atoms with Crippen molar-refractivity contribution in [2.75, 3.05) is 10.6 Å². The molecule has 0 aliphatic carbocycles. The average molecular weight is 376 g/mol. The number of carbonyl (C=O) groups excluding carboxylic acids is 1. The molecule has 2 aromatic rings. The topological polar surface area (TPSA) is 109 Å². The second-order valence-electron chi connectivity index (χ2n) is 4.51. The van der Waals surface area contributed by atoms with Crippen molar-refractivity contribution in [1.82, 2.24) is 0 Å². The zero-order valence-corrected chi connectivity index (χ0v) is 13.4. The molecule has 2 aromatic carbocycles. The molecule has 0 fully saturated rings. The second-order valence-corrected chi connectivity index (χ2v) is 7.20. The van der Waals surface area contributed by atoms with E-state index in [2.05, 4.69) is 10.6 Å². The second kappa shape index (κ2) is 6.53. The summed E-state index contributed by atoms with van der Waals surface area (Å²) in [5.74, 6) is 0. The SMILES string of the molecule is O=C(Nc1cccc(S(=O)(=O)F)c1)Nc1cccc(S(=O)(=O)F)c1. The lowest BCUT2D eigenvalue weighted by Crippen LogP contribution is -2.19. The number of carbonyl (C=O) groups is 1. The summed E-state index contributed by atoms with van der Waals surface area (Å²) in [7, 11) is -9.84. The molecule has 0 aromatic heterocycles. The molecule has 0 spiro atoms. The monoisotopic (exact) mass is 376 g/mol. The van der Waals surface area contributed by atoms with Crippen molar-refractivity contribution < 1.29 is 29.4 Å². The van der Waals surface area contributed by atoms with Crippen molar-refractivity contribution in [3.8, 4) is 0 Å². The molecule has 0 aliphatic heterocycles. The van der Waals surface area contributed by atoms with Gasteiger partial charge in [0, 0.05) is 11.4 Å². The van der Waals surface area contributed by atoms with Crippen LogP contribution in [-0.2, 0) is 20.4 Å². The zero-order chi connectivity index (χ0) is 18.0. The molecule has 0 atom stereocenters. The third-order valence-corrected chi connectivity index (χ3v) is 4.38. The Hall–Kier alpha value is -2.53. The van der Waals surface area contributed by atoms with Crippen molar-refractivity contribution >= 4 is 37.9 Å². The van der Waals surface area contributed by atoms with Crippen LogP contribution in [0.1, 0.15) is 0 Å². The molecule has 0 unspecified atom stereocenters. The van der Waals surface area contributed by atoms with Gasteiger partial charge in [0.25, 0.3) is 0 Å². The van der Waals surface area contributed by atoms with Crippen LogP contribution in [0.15, 0.2) is 58.3 Å². The molecule has 0 saturated heterocycles. The van der Waals surface area contributed by atoms with Gasteiger partial charge in [0.05, 0.1) is 0 Å². The van der Waals surface area contributed by atoms with E-state index in [9.17, 15) is 29.4 Å². The van der Waals surface area contributed by atoms with E-state index in [4.69, 9.17) is 0 Å². The maximum atomic E-state index is 12.9. The van der Waals surface area contributed by atoms with E-state index < -0.39 is 36.3 Å². The lowest BCUT2D eigenvalue weighted by molar-refractivity contribution is 0.262. The molecule has 0 saturated carbocycles. The van der Waals surface area contributed by atoms with Crippen LogP contribution in [0.2, 0.25) is 0 Å². The predicted octanol–water partition coefficient (Wildman–Crippen LogP) is 2.65. The molecule has 128 valence electrons. The van der Waals surface area contributed by atoms with Crippen LogP contribution in [0.3, 0.4) is 0 Å². The molecule has 24 heavy (non-hydrogen) atoms. The summed E-state index contributed by atoms with van der Waals surface area (Å²) < 4.78 is 69.0. The van der Waals surface area contributed by atoms with Gasteiger partial charge in [-0.15, -0.1) is 7.77 Å². The average Bonchev–Trinajstić information content (AvgIpc) is 2.46. The van der Waals surface area contributed by atoms with Crippen LogP contribution in [0.4, 0.5) is 23.9 Å². The van der Waals surface area contributed by atoms with E-state index in [0.717, 1.165) is 24.3 Å². The highest BCUT2D eigenvalue weighted by molar-refractivity contribution is 7.86. The summed E-state index contributed by atoms with van der Waals surface area (Å²) in [5.41, 5.74) is -0.0269. The van der Waals surface area contributed by atoms with Crippen LogP contribution in [-0.4, -0.2) is 22.9 Å². The molecule has 0 heterocycles. The van der Waals surface area contributed by atoms with Crippen molar-refractivity contribution in [2.45, 2.75) is 9.79 Å². The van der Waals surface area contributed by atoms with Gasteiger partial charge in [0.2, 0.25) is 0 Å². The number of benzene rings is 2. The Morgan fingerprint density at radius 3 is 1.46 bits per heavy atom. The van der Waals surface area contributed by atoms with Crippen molar-refractivity contribution in [2.24, 2.45) is 0 Å². The molecule has 0 bridgehead atoms. The van der Waals surface area contributed by atoms with Crippen molar-refractivity contribution in [3.63, 3.8) is 0 Å². The first-order chi connectivity index (χ1) is 11.1. The van der Waals surface area contributed by atoms with E-state index in [1.165, 1.54) is 24.3 Å². The van der Waals surface area contributed by atoms with Gasteiger partial charge in [-0.1, -0.05) is 12.1 Å². The summed E-state index contributed by atoms with van der Waals surface area (Å²) in [6.07, 6.45) is 0. The molecular formula is C13H10F2N2O5S2. The van der Waals surface area contributed by atoms with Gasteiger partial charge in [-0.2, -0.15) is 16.8 Å². The molecule has 7 nitrogen and oxygen atoms in total.